The van der Waals surface area contributed by atoms with Crippen LogP contribution in [0.1, 0.15) is 23.1 Å². The molecule has 0 nitrogen and oxygen atoms in total. The van der Waals surface area contributed by atoms with Crippen molar-refractivity contribution < 1.29 is 26.3 Å². The lowest BCUT2D eigenvalue weighted by molar-refractivity contribution is -0.143. The van der Waals surface area contributed by atoms with Gasteiger partial charge in [-0.25, -0.2) is 0 Å². The van der Waals surface area contributed by atoms with Gasteiger partial charge in [-0.15, -0.1) is 0 Å². The third kappa shape index (κ3) is 3.00. The molecular weight excluding hydrogens is 270 g/mol. The van der Waals surface area contributed by atoms with Gasteiger partial charge in [0.15, 0.2) is 0 Å². The molecule has 0 spiro atoms. The first kappa shape index (κ1) is 13.7. The number of allylic oxidation sites excluding steroid dienone is 4. The van der Waals surface area contributed by atoms with Gasteiger partial charge in [0.1, 0.15) is 0 Å². The van der Waals surface area contributed by atoms with E-state index in [2.05, 4.69) is 0 Å². The van der Waals surface area contributed by atoms with E-state index in [9.17, 15) is 26.3 Å². The summed E-state index contributed by atoms with van der Waals surface area (Å²) in [6.45, 7) is 0. The molecule has 1 aromatic rings. The Morgan fingerprint density at radius 1 is 0.789 bits per heavy atom. The normalized spacial score (nSPS) is 15.8. The highest BCUT2D eigenvalue weighted by atomic mass is 19.4. The second kappa shape index (κ2) is 4.43. The monoisotopic (exact) mass is 278 g/mol. The summed E-state index contributed by atoms with van der Waals surface area (Å²) >= 11 is 0. The molecule has 0 radical (unpaired) electrons. The lowest BCUT2D eigenvalue weighted by Crippen LogP contribution is -2.11. The second-order valence-corrected chi connectivity index (χ2v) is 4.12. The van der Waals surface area contributed by atoms with E-state index in [1.165, 1.54) is 6.08 Å². The van der Waals surface area contributed by atoms with Crippen LogP contribution in [-0.2, 0) is 12.4 Å². The highest BCUT2D eigenvalue weighted by Gasteiger charge is 2.37. The molecule has 19 heavy (non-hydrogen) atoms. The van der Waals surface area contributed by atoms with Crippen molar-refractivity contribution in [3.8, 4) is 0 Å². The first-order valence-corrected chi connectivity index (χ1v) is 5.33. The Hall–Kier alpha value is -1.72. The van der Waals surface area contributed by atoms with Gasteiger partial charge in [-0.2, -0.15) is 26.3 Å². The predicted molar refractivity (Wildman–Crippen MR) is 58.2 cm³/mol. The molecule has 0 saturated heterocycles. The molecule has 0 bridgehead atoms. The molecule has 0 aromatic heterocycles. The number of benzene rings is 1. The van der Waals surface area contributed by atoms with Crippen molar-refractivity contribution in [2.75, 3.05) is 0 Å². The van der Waals surface area contributed by atoms with Gasteiger partial charge < -0.3 is 0 Å². The molecule has 0 aliphatic heterocycles. The van der Waals surface area contributed by atoms with Crippen LogP contribution in [0.25, 0.3) is 5.57 Å². The van der Waals surface area contributed by atoms with E-state index in [0.29, 0.717) is 12.0 Å². The zero-order chi connectivity index (χ0) is 14.3. The molecule has 0 fully saturated rings. The minimum atomic E-state index is -4.80. The highest BCUT2D eigenvalue weighted by molar-refractivity contribution is 5.71. The number of rotatable bonds is 1. The number of alkyl halides is 6. The zero-order valence-corrected chi connectivity index (χ0v) is 9.44. The maximum absolute atomic E-state index is 12.6. The molecule has 1 aromatic carbocycles. The average Bonchev–Trinajstić information content (AvgIpc) is 2.79. The molecule has 102 valence electrons. The molecule has 6 heteroatoms. The number of halogens is 6. The van der Waals surface area contributed by atoms with Gasteiger partial charge >= 0.3 is 12.4 Å². The van der Waals surface area contributed by atoms with E-state index in [-0.39, 0.29) is 11.6 Å². The SMILES string of the molecule is FC(F)(F)c1cc(C2=CC=CC2)cc(C(F)(F)F)c1. The van der Waals surface area contributed by atoms with Crippen LogP contribution >= 0.6 is 0 Å². The predicted octanol–water partition coefficient (Wildman–Crippen LogP) is 5.07. The Labute approximate surface area is 105 Å². The van der Waals surface area contributed by atoms with Crippen LogP contribution in [0.15, 0.2) is 36.4 Å². The van der Waals surface area contributed by atoms with E-state index >= 15 is 0 Å². The summed E-state index contributed by atoms with van der Waals surface area (Å²) < 4.78 is 75.7. The van der Waals surface area contributed by atoms with Crippen molar-refractivity contribution in [1.82, 2.24) is 0 Å². The van der Waals surface area contributed by atoms with Crippen LogP contribution in [0.5, 0.6) is 0 Å². The molecule has 2 rings (SSSR count). The van der Waals surface area contributed by atoms with E-state index < -0.39 is 23.5 Å². The quantitative estimate of drug-likeness (QED) is 0.629. The maximum Gasteiger partial charge on any atom is 0.416 e. The van der Waals surface area contributed by atoms with Crippen molar-refractivity contribution in [3.05, 3.63) is 53.1 Å². The van der Waals surface area contributed by atoms with Gasteiger partial charge in [-0.05, 0) is 35.8 Å². The fourth-order valence-electron chi connectivity index (χ4n) is 1.80. The van der Waals surface area contributed by atoms with E-state index in [4.69, 9.17) is 0 Å². The lowest BCUT2D eigenvalue weighted by atomic mass is 9.98. The second-order valence-electron chi connectivity index (χ2n) is 4.12. The summed E-state index contributed by atoms with van der Waals surface area (Å²) in [5.74, 6) is 0. The van der Waals surface area contributed by atoms with E-state index in [0.717, 1.165) is 12.1 Å². The Kier molecular flexibility index (Phi) is 3.20. The fraction of sp³-hybridized carbons (Fsp3) is 0.231. The van der Waals surface area contributed by atoms with Crippen molar-refractivity contribution in [2.24, 2.45) is 0 Å². The summed E-state index contributed by atoms with van der Waals surface area (Å²) in [5.41, 5.74) is -2.18. The van der Waals surface area contributed by atoms with Crippen LogP contribution in [0.3, 0.4) is 0 Å². The maximum atomic E-state index is 12.6. The van der Waals surface area contributed by atoms with Gasteiger partial charge in [-0.1, -0.05) is 18.2 Å². The first-order chi connectivity index (χ1) is 8.68. The first-order valence-electron chi connectivity index (χ1n) is 5.33. The third-order valence-corrected chi connectivity index (χ3v) is 2.73. The molecule has 0 saturated carbocycles. The van der Waals surface area contributed by atoms with Gasteiger partial charge in [0, 0.05) is 0 Å². The summed E-state index contributed by atoms with van der Waals surface area (Å²) in [4.78, 5) is 0. The van der Waals surface area contributed by atoms with Gasteiger partial charge in [0.25, 0.3) is 0 Å². The Bertz CT molecular complexity index is 513. The molecular formula is C13H8F6. The summed E-state index contributed by atoms with van der Waals surface area (Å²) in [6.07, 6.45) is -4.49. The fourth-order valence-corrected chi connectivity index (χ4v) is 1.80. The molecule has 0 unspecified atom stereocenters. The minimum absolute atomic E-state index is 0.0489. The molecule has 1 aliphatic carbocycles. The molecule has 0 heterocycles. The highest BCUT2D eigenvalue weighted by Crippen LogP contribution is 2.38. The average molecular weight is 278 g/mol. The zero-order valence-electron chi connectivity index (χ0n) is 9.44. The van der Waals surface area contributed by atoms with Gasteiger partial charge in [-0.3, -0.25) is 0 Å². The van der Waals surface area contributed by atoms with Crippen molar-refractivity contribution in [1.29, 1.82) is 0 Å². The van der Waals surface area contributed by atoms with Gasteiger partial charge in [0.05, 0.1) is 11.1 Å². The summed E-state index contributed by atoms with van der Waals surface area (Å²) in [5, 5.41) is 0. The summed E-state index contributed by atoms with van der Waals surface area (Å²) in [7, 11) is 0. The van der Waals surface area contributed by atoms with Crippen LogP contribution < -0.4 is 0 Å². The van der Waals surface area contributed by atoms with Gasteiger partial charge in [0.2, 0.25) is 0 Å². The molecule has 0 amide bonds. The standard InChI is InChI=1S/C13H8F6/c14-12(15,16)10-5-9(8-3-1-2-4-8)6-11(7-10)13(17,18)19/h1-3,5-7H,4H2. The van der Waals surface area contributed by atoms with Crippen LogP contribution in [-0.4, -0.2) is 0 Å². The van der Waals surface area contributed by atoms with Crippen molar-refractivity contribution in [2.45, 2.75) is 18.8 Å². The molecule has 0 N–H and O–H groups in total. The molecule has 0 atom stereocenters. The van der Waals surface area contributed by atoms with Crippen molar-refractivity contribution >= 4 is 5.57 Å². The lowest BCUT2D eigenvalue weighted by Gasteiger charge is -2.14. The molecule has 1 aliphatic rings. The Balaban J connectivity index is 2.55. The topological polar surface area (TPSA) is 0 Å². The van der Waals surface area contributed by atoms with Crippen LogP contribution in [0.4, 0.5) is 26.3 Å². The van der Waals surface area contributed by atoms with Crippen LogP contribution in [0, 0.1) is 0 Å². The third-order valence-electron chi connectivity index (χ3n) is 2.73. The Morgan fingerprint density at radius 3 is 1.68 bits per heavy atom. The van der Waals surface area contributed by atoms with Crippen molar-refractivity contribution in [3.63, 3.8) is 0 Å². The van der Waals surface area contributed by atoms with E-state index in [1.54, 1.807) is 12.2 Å². The van der Waals surface area contributed by atoms with Crippen LogP contribution in [0.2, 0.25) is 0 Å². The van der Waals surface area contributed by atoms with E-state index in [1.807, 2.05) is 0 Å². The largest absolute Gasteiger partial charge is 0.416 e. The minimum Gasteiger partial charge on any atom is -0.166 e. The summed E-state index contributed by atoms with van der Waals surface area (Å²) in [6, 6.07) is 1.62. The smallest absolute Gasteiger partial charge is 0.166 e. The number of hydrogen-bond donors (Lipinski definition) is 0. The number of hydrogen-bond acceptors (Lipinski definition) is 0. The Morgan fingerprint density at radius 2 is 1.32 bits per heavy atom.